The molecule has 3 rings (SSSR count). The number of likely N-dealkylation sites (N-methyl/N-ethyl adjacent to an activating group) is 1. The van der Waals surface area contributed by atoms with Crippen molar-refractivity contribution in [3.8, 4) is 0 Å². The molecule has 0 aromatic carbocycles. The van der Waals surface area contributed by atoms with Gasteiger partial charge in [0, 0.05) is 20.1 Å². The van der Waals surface area contributed by atoms with Gasteiger partial charge in [-0.1, -0.05) is 6.92 Å². The molecule has 1 aromatic rings. The van der Waals surface area contributed by atoms with Gasteiger partial charge in [0.25, 0.3) is 0 Å². The number of hydrazine groups is 2. The summed E-state index contributed by atoms with van der Waals surface area (Å²) in [6, 6.07) is 0.186. The van der Waals surface area contributed by atoms with Gasteiger partial charge in [0.1, 0.15) is 17.7 Å². The molecule has 0 saturated heterocycles. The predicted molar refractivity (Wildman–Crippen MR) is 116 cm³/mol. The summed E-state index contributed by atoms with van der Waals surface area (Å²) in [7, 11) is 7.77. The normalized spacial score (nSPS) is 23.5. The van der Waals surface area contributed by atoms with Crippen LogP contribution in [0.1, 0.15) is 20.8 Å². The van der Waals surface area contributed by atoms with Gasteiger partial charge >= 0.3 is 0 Å². The highest BCUT2D eigenvalue weighted by Gasteiger charge is 2.44. The van der Waals surface area contributed by atoms with Crippen LogP contribution in [0.3, 0.4) is 0 Å². The lowest BCUT2D eigenvalue weighted by atomic mass is 10.2. The first-order valence-corrected chi connectivity index (χ1v) is 9.77. The van der Waals surface area contributed by atoms with Gasteiger partial charge in [0.05, 0.1) is 5.70 Å². The SMILES string of the molecule is CCNC1C(N)=C(N)N2Nc3nc(N(C)C)nc(NC(C)C)c3NN1C2N(C)C. The Bertz CT molecular complexity index is 774. The molecule has 3 heterocycles. The molecule has 0 saturated carbocycles. The highest BCUT2D eigenvalue weighted by Crippen LogP contribution is 2.37. The molecule has 0 amide bonds. The van der Waals surface area contributed by atoms with Crippen molar-refractivity contribution in [2.45, 2.75) is 39.3 Å². The van der Waals surface area contributed by atoms with E-state index in [4.69, 9.17) is 21.4 Å². The van der Waals surface area contributed by atoms with Crippen LogP contribution >= 0.6 is 0 Å². The molecular formula is C17H34N12. The topological polar surface area (TPSA) is 139 Å². The van der Waals surface area contributed by atoms with Gasteiger partial charge in [-0.2, -0.15) is 15.0 Å². The second kappa shape index (κ2) is 7.97. The van der Waals surface area contributed by atoms with E-state index in [9.17, 15) is 0 Å². The van der Waals surface area contributed by atoms with Gasteiger partial charge in [-0.15, -0.1) is 0 Å². The summed E-state index contributed by atoms with van der Waals surface area (Å²) >= 11 is 0. The first-order valence-electron chi connectivity index (χ1n) is 9.77. The minimum absolute atomic E-state index is 0.186. The molecule has 2 bridgehead atoms. The van der Waals surface area contributed by atoms with Gasteiger partial charge in [0.2, 0.25) is 5.95 Å². The maximum atomic E-state index is 6.45. The third-order valence-corrected chi connectivity index (χ3v) is 4.66. The van der Waals surface area contributed by atoms with Crippen LogP contribution in [0.25, 0.3) is 0 Å². The van der Waals surface area contributed by atoms with Gasteiger partial charge in [-0.3, -0.25) is 15.6 Å². The van der Waals surface area contributed by atoms with Crippen molar-refractivity contribution in [2.75, 3.05) is 55.8 Å². The maximum Gasteiger partial charge on any atom is 0.228 e. The van der Waals surface area contributed by atoms with E-state index in [1.165, 1.54) is 0 Å². The zero-order valence-corrected chi connectivity index (χ0v) is 18.3. The number of aromatic nitrogens is 2. The van der Waals surface area contributed by atoms with Crippen LogP contribution in [0.15, 0.2) is 11.5 Å². The summed E-state index contributed by atoms with van der Waals surface area (Å²) in [5, 5.41) is 10.6. The Morgan fingerprint density at radius 3 is 2.38 bits per heavy atom. The Hall–Kier alpha value is -2.70. The molecule has 2 aliphatic rings. The molecule has 12 heteroatoms. The Kier molecular flexibility index (Phi) is 5.78. The van der Waals surface area contributed by atoms with Gasteiger partial charge in [-0.05, 0) is 34.5 Å². The number of rotatable bonds is 6. The summed E-state index contributed by atoms with van der Waals surface area (Å²) in [6.45, 7) is 6.89. The highest BCUT2D eigenvalue weighted by atomic mass is 15.8. The highest BCUT2D eigenvalue weighted by molar-refractivity contribution is 5.79. The average molecular weight is 407 g/mol. The number of anilines is 4. The first-order chi connectivity index (χ1) is 13.6. The van der Waals surface area contributed by atoms with Gasteiger partial charge in [0.15, 0.2) is 17.9 Å². The summed E-state index contributed by atoms with van der Waals surface area (Å²) in [5.41, 5.74) is 21.0. The van der Waals surface area contributed by atoms with Crippen molar-refractivity contribution in [1.82, 2.24) is 30.2 Å². The standard InChI is InChI=1S/C17H34N12/c1-8-20-15-10(18)12(19)28-17(27(6)7)29(15)24-11-13(21-9(2)3)22-16(26(4)5)23-14(11)25-28/h9,15,17,20,24H,8,18-19H2,1-7H3,(H2,21,22,23,25). The zero-order valence-electron chi connectivity index (χ0n) is 18.3. The Morgan fingerprint density at radius 2 is 1.83 bits per heavy atom. The number of nitrogens with one attached hydrogen (secondary N) is 4. The fourth-order valence-corrected chi connectivity index (χ4v) is 3.39. The van der Waals surface area contributed by atoms with Gasteiger partial charge in [-0.25, -0.2) is 5.01 Å². The summed E-state index contributed by atoms with van der Waals surface area (Å²) in [4.78, 5) is 13.3. The fraction of sp³-hybridized carbons (Fsp3) is 0.647. The molecule has 0 fully saturated rings. The number of nitrogens with zero attached hydrogens (tertiary/aromatic N) is 6. The molecule has 162 valence electrons. The van der Waals surface area contributed by atoms with Crippen LogP contribution in [0.2, 0.25) is 0 Å². The first kappa shape index (κ1) is 21.0. The molecule has 3 unspecified atom stereocenters. The van der Waals surface area contributed by atoms with Gasteiger partial charge < -0.3 is 27.1 Å². The second-order valence-corrected chi connectivity index (χ2v) is 7.90. The second-order valence-electron chi connectivity index (χ2n) is 7.90. The van der Waals surface area contributed by atoms with Crippen molar-refractivity contribution in [3.63, 3.8) is 0 Å². The summed E-state index contributed by atoms with van der Waals surface area (Å²) in [6.07, 6.45) is -0.577. The number of nitrogens with two attached hydrogens (primary N) is 2. The summed E-state index contributed by atoms with van der Waals surface area (Å²) < 4.78 is 0. The third-order valence-electron chi connectivity index (χ3n) is 4.66. The largest absolute Gasteiger partial charge is 0.397 e. The minimum atomic E-state index is -0.308. The molecule has 0 spiro atoms. The number of hydrogen-bond acceptors (Lipinski definition) is 12. The molecule has 29 heavy (non-hydrogen) atoms. The van der Waals surface area contributed by atoms with E-state index >= 15 is 0 Å². The van der Waals surface area contributed by atoms with E-state index in [0.717, 1.165) is 12.2 Å². The van der Waals surface area contributed by atoms with Crippen molar-refractivity contribution in [2.24, 2.45) is 11.5 Å². The molecule has 2 aliphatic heterocycles. The van der Waals surface area contributed by atoms with E-state index in [2.05, 4.69) is 35.3 Å². The Labute approximate surface area is 172 Å². The third kappa shape index (κ3) is 3.78. The fourth-order valence-electron chi connectivity index (χ4n) is 3.39. The molecular weight excluding hydrogens is 372 g/mol. The van der Waals surface area contributed by atoms with Crippen LogP contribution in [0.4, 0.5) is 23.3 Å². The summed E-state index contributed by atoms with van der Waals surface area (Å²) in [5.74, 6) is 2.33. The molecule has 1 aromatic heterocycles. The smallest absolute Gasteiger partial charge is 0.228 e. The zero-order chi connectivity index (χ0) is 21.5. The van der Waals surface area contributed by atoms with E-state index in [0.29, 0.717) is 29.1 Å². The lowest BCUT2D eigenvalue weighted by Gasteiger charge is -2.48. The monoisotopic (exact) mass is 406 g/mol. The Balaban J connectivity index is 2.18. The Morgan fingerprint density at radius 1 is 1.14 bits per heavy atom. The lowest BCUT2D eigenvalue weighted by molar-refractivity contribution is -0.0416. The quantitative estimate of drug-likeness (QED) is 0.363. The molecule has 0 aliphatic carbocycles. The van der Waals surface area contributed by atoms with Crippen molar-refractivity contribution in [1.29, 1.82) is 0 Å². The lowest BCUT2D eigenvalue weighted by Crippen LogP contribution is -2.69. The van der Waals surface area contributed by atoms with E-state index in [1.54, 1.807) is 0 Å². The van der Waals surface area contributed by atoms with E-state index in [-0.39, 0.29) is 18.5 Å². The number of fused-ring (bicyclic) bond motifs is 3. The average Bonchev–Trinajstić information content (AvgIpc) is 2.78. The van der Waals surface area contributed by atoms with Crippen LogP contribution < -0.4 is 37.9 Å². The predicted octanol–water partition coefficient (Wildman–Crippen LogP) is -0.485. The van der Waals surface area contributed by atoms with Crippen molar-refractivity contribution in [3.05, 3.63) is 11.5 Å². The van der Waals surface area contributed by atoms with Crippen LogP contribution in [-0.4, -0.2) is 78.1 Å². The van der Waals surface area contributed by atoms with Crippen molar-refractivity contribution >= 4 is 23.3 Å². The number of hydrogen-bond donors (Lipinski definition) is 6. The molecule has 12 nitrogen and oxygen atoms in total. The molecule has 0 radical (unpaired) electrons. The van der Waals surface area contributed by atoms with E-state index in [1.807, 2.05) is 54.9 Å². The van der Waals surface area contributed by atoms with Crippen LogP contribution in [0.5, 0.6) is 0 Å². The molecule has 3 atom stereocenters. The van der Waals surface area contributed by atoms with Crippen LogP contribution in [-0.2, 0) is 0 Å². The minimum Gasteiger partial charge on any atom is -0.397 e. The van der Waals surface area contributed by atoms with Crippen LogP contribution in [0, 0.1) is 0 Å². The molecule has 8 N–H and O–H groups in total. The van der Waals surface area contributed by atoms with Crippen molar-refractivity contribution < 1.29 is 0 Å². The maximum absolute atomic E-state index is 6.45. The van der Waals surface area contributed by atoms with E-state index < -0.39 is 0 Å².